The normalized spacial score (nSPS) is 10.3. The molecule has 0 aliphatic rings. The Hall–Kier alpha value is -2.43. The monoisotopic (exact) mass is 305 g/mol. The minimum atomic E-state index is -0.331. The van der Waals surface area contributed by atoms with Crippen molar-refractivity contribution < 1.29 is 18.3 Å². The highest BCUT2D eigenvalue weighted by atomic mass is 19.1. The average Bonchev–Trinajstić information content (AvgIpc) is 2.49. The van der Waals surface area contributed by atoms with Gasteiger partial charge in [0.1, 0.15) is 17.4 Å². The summed E-state index contributed by atoms with van der Waals surface area (Å²) in [5, 5.41) is 2.74. The van der Waals surface area contributed by atoms with Crippen molar-refractivity contribution in [3.63, 3.8) is 0 Å². The largest absolute Gasteiger partial charge is 0.493 e. The molecule has 0 aromatic heterocycles. The van der Waals surface area contributed by atoms with Gasteiger partial charge in [-0.15, -0.1) is 0 Å². The summed E-state index contributed by atoms with van der Waals surface area (Å²) in [6.07, 6.45) is 0.781. The fourth-order valence-corrected chi connectivity index (χ4v) is 1.92. The van der Waals surface area contributed by atoms with Crippen LogP contribution in [-0.2, 0) is 11.2 Å². The van der Waals surface area contributed by atoms with Gasteiger partial charge in [0.15, 0.2) is 0 Å². The van der Waals surface area contributed by atoms with Crippen molar-refractivity contribution in [2.24, 2.45) is 0 Å². The quantitative estimate of drug-likeness (QED) is 0.853. The van der Waals surface area contributed by atoms with Crippen molar-refractivity contribution in [3.05, 3.63) is 65.7 Å². The summed E-state index contributed by atoms with van der Waals surface area (Å²) in [4.78, 5) is 11.6. The Morgan fingerprint density at radius 1 is 1.05 bits per heavy atom. The second-order valence-electron chi connectivity index (χ2n) is 4.78. The van der Waals surface area contributed by atoms with Gasteiger partial charge in [-0.25, -0.2) is 8.78 Å². The SMILES string of the molecule is O=C(CCOc1ccc(F)cc1)NCCc1cccc(F)c1. The Labute approximate surface area is 127 Å². The fraction of sp³-hybridized carbons (Fsp3) is 0.235. The Balaban J connectivity index is 1.62. The highest BCUT2D eigenvalue weighted by molar-refractivity contribution is 5.75. The predicted octanol–water partition coefficient (Wildman–Crippen LogP) is 3.09. The number of hydrogen-bond donors (Lipinski definition) is 1. The Morgan fingerprint density at radius 2 is 1.82 bits per heavy atom. The highest BCUT2D eigenvalue weighted by Crippen LogP contribution is 2.11. The van der Waals surface area contributed by atoms with Gasteiger partial charge in [-0.3, -0.25) is 4.79 Å². The molecule has 2 rings (SSSR count). The highest BCUT2D eigenvalue weighted by Gasteiger charge is 2.02. The van der Waals surface area contributed by atoms with E-state index in [2.05, 4.69) is 5.32 Å². The van der Waals surface area contributed by atoms with Gasteiger partial charge in [0.05, 0.1) is 13.0 Å². The van der Waals surface area contributed by atoms with E-state index >= 15 is 0 Å². The van der Waals surface area contributed by atoms with Gasteiger partial charge in [-0.2, -0.15) is 0 Å². The van der Waals surface area contributed by atoms with Crippen LogP contribution in [0.5, 0.6) is 5.75 Å². The van der Waals surface area contributed by atoms with Gasteiger partial charge < -0.3 is 10.1 Å². The summed E-state index contributed by atoms with van der Waals surface area (Å²) in [6, 6.07) is 11.9. The molecule has 22 heavy (non-hydrogen) atoms. The maximum atomic E-state index is 13.0. The fourth-order valence-electron chi connectivity index (χ4n) is 1.92. The lowest BCUT2D eigenvalue weighted by molar-refractivity contribution is -0.121. The van der Waals surface area contributed by atoms with E-state index in [0.29, 0.717) is 18.7 Å². The maximum absolute atomic E-state index is 13.0. The third-order valence-corrected chi connectivity index (χ3v) is 3.04. The molecule has 5 heteroatoms. The van der Waals surface area contributed by atoms with Gasteiger partial charge in [0.25, 0.3) is 0 Å². The molecule has 0 radical (unpaired) electrons. The van der Waals surface area contributed by atoms with Gasteiger partial charge in [-0.1, -0.05) is 12.1 Å². The molecule has 0 fully saturated rings. The molecule has 0 saturated carbocycles. The molecular formula is C17H17F2NO2. The van der Waals surface area contributed by atoms with Gasteiger partial charge >= 0.3 is 0 Å². The number of nitrogens with one attached hydrogen (secondary N) is 1. The Morgan fingerprint density at radius 3 is 2.55 bits per heavy atom. The zero-order chi connectivity index (χ0) is 15.8. The molecule has 2 aromatic rings. The molecule has 0 unspecified atom stereocenters. The molecule has 2 aromatic carbocycles. The zero-order valence-corrected chi connectivity index (χ0v) is 12.0. The van der Waals surface area contributed by atoms with Crippen molar-refractivity contribution in [2.45, 2.75) is 12.8 Å². The molecule has 0 heterocycles. The van der Waals surface area contributed by atoms with Crippen molar-refractivity contribution in [3.8, 4) is 5.75 Å². The van der Waals surface area contributed by atoms with Gasteiger partial charge in [0, 0.05) is 6.54 Å². The topological polar surface area (TPSA) is 38.3 Å². The van der Waals surface area contributed by atoms with Crippen LogP contribution in [0.1, 0.15) is 12.0 Å². The number of benzene rings is 2. The van der Waals surface area contributed by atoms with Crippen LogP contribution in [0, 0.1) is 11.6 Å². The van der Waals surface area contributed by atoms with Crippen LogP contribution in [0.4, 0.5) is 8.78 Å². The Kier molecular flexibility index (Phi) is 5.89. The molecule has 0 aliphatic carbocycles. The third-order valence-electron chi connectivity index (χ3n) is 3.04. The standard InChI is InChI=1S/C17H17F2NO2/c18-14-4-6-16(7-5-14)22-11-9-17(21)20-10-8-13-2-1-3-15(19)12-13/h1-7,12H,8-11H2,(H,20,21). The van der Waals surface area contributed by atoms with Crippen LogP contribution >= 0.6 is 0 Å². The zero-order valence-electron chi connectivity index (χ0n) is 12.0. The molecule has 0 bridgehead atoms. The van der Waals surface area contributed by atoms with Crippen LogP contribution in [0.2, 0.25) is 0 Å². The first-order valence-corrected chi connectivity index (χ1v) is 7.03. The average molecular weight is 305 g/mol. The minimum Gasteiger partial charge on any atom is -0.493 e. The third kappa shape index (κ3) is 5.52. The summed E-state index contributed by atoms with van der Waals surface area (Å²) >= 11 is 0. The first-order chi connectivity index (χ1) is 10.6. The smallest absolute Gasteiger partial charge is 0.223 e. The number of amides is 1. The number of rotatable bonds is 7. The second-order valence-corrected chi connectivity index (χ2v) is 4.78. The molecule has 1 N–H and O–H groups in total. The van der Waals surface area contributed by atoms with E-state index in [1.807, 2.05) is 6.07 Å². The predicted molar refractivity (Wildman–Crippen MR) is 79.6 cm³/mol. The summed E-state index contributed by atoms with van der Waals surface area (Å²) < 4.78 is 31.0. The number of ether oxygens (including phenoxy) is 1. The number of carbonyl (C=O) groups is 1. The van der Waals surface area contributed by atoms with Gasteiger partial charge in [-0.05, 0) is 48.4 Å². The molecular weight excluding hydrogens is 288 g/mol. The van der Waals surface area contributed by atoms with Crippen molar-refractivity contribution in [1.82, 2.24) is 5.32 Å². The maximum Gasteiger partial charge on any atom is 0.223 e. The summed E-state index contributed by atoms with van der Waals surface area (Å²) in [7, 11) is 0. The van der Waals surface area contributed by atoms with Gasteiger partial charge in [0.2, 0.25) is 5.91 Å². The molecule has 3 nitrogen and oxygen atoms in total. The van der Waals surface area contributed by atoms with Crippen LogP contribution < -0.4 is 10.1 Å². The van der Waals surface area contributed by atoms with E-state index in [4.69, 9.17) is 4.74 Å². The van der Waals surface area contributed by atoms with E-state index in [1.165, 1.54) is 36.4 Å². The van der Waals surface area contributed by atoms with E-state index < -0.39 is 0 Å². The Bertz CT molecular complexity index is 614. The van der Waals surface area contributed by atoms with Crippen LogP contribution in [-0.4, -0.2) is 19.1 Å². The van der Waals surface area contributed by atoms with Crippen molar-refractivity contribution in [1.29, 1.82) is 0 Å². The molecule has 1 amide bonds. The first-order valence-electron chi connectivity index (χ1n) is 7.03. The van der Waals surface area contributed by atoms with Crippen molar-refractivity contribution in [2.75, 3.05) is 13.2 Å². The van der Waals surface area contributed by atoms with Crippen LogP contribution in [0.15, 0.2) is 48.5 Å². The summed E-state index contributed by atoms with van der Waals surface area (Å²) in [5.74, 6) is -0.230. The minimum absolute atomic E-state index is 0.140. The second kappa shape index (κ2) is 8.12. The molecule has 116 valence electrons. The van der Waals surface area contributed by atoms with E-state index in [-0.39, 0.29) is 30.6 Å². The van der Waals surface area contributed by atoms with E-state index in [9.17, 15) is 13.6 Å². The molecule has 0 saturated heterocycles. The lowest BCUT2D eigenvalue weighted by Crippen LogP contribution is -2.27. The van der Waals surface area contributed by atoms with Crippen molar-refractivity contribution >= 4 is 5.91 Å². The van der Waals surface area contributed by atoms with Crippen LogP contribution in [0.3, 0.4) is 0 Å². The molecule has 0 atom stereocenters. The van der Waals surface area contributed by atoms with E-state index in [0.717, 1.165) is 5.56 Å². The lowest BCUT2D eigenvalue weighted by atomic mass is 10.1. The number of hydrogen-bond acceptors (Lipinski definition) is 2. The first kappa shape index (κ1) is 15.9. The lowest BCUT2D eigenvalue weighted by Gasteiger charge is -2.07. The number of halogens is 2. The molecule has 0 aliphatic heterocycles. The summed E-state index contributed by atoms with van der Waals surface area (Å²) in [5.41, 5.74) is 0.836. The van der Waals surface area contributed by atoms with E-state index in [1.54, 1.807) is 6.07 Å². The summed E-state index contributed by atoms with van der Waals surface area (Å²) in [6.45, 7) is 0.663. The number of carbonyl (C=O) groups excluding carboxylic acids is 1. The van der Waals surface area contributed by atoms with Crippen LogP contribution in [0.25, 0.3) is 0 Å². The molecule has 0 spiro atoms.